The van der Waals surface area contributed by atoms with Crippen LogP contribution in [0.4, 0.5) is 0 Å². The fourth-order valence-corrected chi connectivity index (χ4v) is 1.37. The van der Waals surface area contributed by atoms with Crippen molar-refractivity contribution in [2.75, 3.05) is 20.1 Å². The first-order valence-corrected chi connectivity index (χ1v) is 4.04. The molecule has 1 fully saturated rings. The van der Waals surface area contributed by atoms with Crippen molar-refractivity contribution >= 4 is 5.91 Å². The maximum Gasteiger partial charge on any atom is 0.242 e. The molecule has 3 heteroatoms. The number of rotatable bonds is 0. The molecular formula is C8H16N2O. The van der Waals surface area contributed by atoms with Crippen molar-refractivity contribution in [3.63, 3.8) is 0 Å². The molecule has 11 heavy (non-hydrogen) atoms. The van der Waals surface area contributed by atoms with Gasteiger partial charge in [0.15, 0.2) is 0 Å². The molecule has 0 radical (unpaired) electrons. The van der Waals surface area contributed by atoms with Crippen molar-refractivity contribution in [2.24, 2.45) is 0 Å². The predicted octanol–water partition coefficient (Wildman–Crippen LogP) is 0.217. The standard InChI is InChI=1S/C8H16N2O/c1-8(2)7(11)10(3)6-4-5-9-8/h9H,4-6H2,1-3H3. The van der Waals surface area contributed by atoms with E-state index in [0.29, 0.717) is 0 Å². The van der Waals surface area contributed by atoms with Crippen LogP contribution in [0.2, 0.25) is 0 Å². The summed E-state index contributed by atoms with van der Waals surface area (Å²) in [5.41, 5.74) is -0.370. The van der Waals surface area contributed by atoms with Gasteiger partial charge < -0.3 is 10.2 Å². The lowest BCUT2D eigenvalue weighted by Gasteiger charge is -2.26. The second-order valence-corrected chi connectivity index (χ2v) is 3.63. The molecule has 0 unspecified atom stereocenters. The first kappa shape index (κ1) is 8.53. The fraction of sp³-hybridized carbons (Fsp3) is 0.875. The van der Waals surface area contributed by atoms with Gasteiger partial charge in [-0.05, 0) is 26.8 Å². The zero-order valence-electron chi connectivity index (χ0n) is 7.48. The van der Waals surface area contributed by atoms with E-state index >= 15 is 0 Å². The Labute approximate surface area is 67.8 Å². The number of amides is 1. The maximum absolute atomic E-state index is 11.5. The van der Waals surface area contributed by atoms with E-state index in [1.165, 1.54) is 0 Å². The minimum absolute atomic E-state index is 0.190. The van der Waals surface area contributed by atoms with Gasteiger partial charge in [0.25, 0.3) is 0 Å². The fourth-order valence-electron chi connectivity index (χ4n) is 1.37. The van der Waals surface area contributed by atoms with Crippen LogP contribution in [0, 0.1) is 0 Å². The topological polar surface area (TPSA) is 32.3 Å². The number of hydrogen-bond acceptors (Lipinski definition) is 2. The number of nitrogens with zero attached hydrogens (tertiary/aromatic N) is 1. The molecule has 64 valence electrons. The lowest BCUT2D eigenvalue weighted by atomic mass is 10.1. The Kier molecular flexibility index (Phi) is 2.18. The number of carbonyl (C=O) groups excluding carboxylic acids is 1. The molecule has 0 aromatic rings. The van der Waals surface area contributed by atoms with Crippen molar-refractivity contribution in [2.45, 2.75) is 25.8 Å². The van der Waals surface area contributed by atoms with Crippen LogP contribution in [0.3, 0.4) is 0 Å². The molecule has 0 aliphatic carbocycles. The highest BCUT2D eigenvalue weighted by molar-refractivity contribution is 5.85. The third-order valence-corrected chi connectivity index (χ3v) is 2.12. The Balaban J connectivity index is 2.73. The molecule has 0 aromatic heterocycles. The molecule has 1 aliphatic heterocycles. The van der Waals surface area contributed by atoms with Gasteiger partial charge in [0.05, 0.1) is 5.54 Å². The van der Waals surface area contributed by atoms with Gasteiger partial charge >= 0.3 is 0 Å². The summed E-state index contributed by atoms with van der Waals surface area (Å²) in [6.07, 6.45) is 1.05. The summed E-state index contributed by atoms with van der Waals surface area (Å²) in [6.45, 7) is 5.66. The van der Waals surface area contributed by atoms with Crippen molar-refractivity contribution in [1.82, 2.24) is 10.2 Å². The van der Waals surface area contributed by atoms with E-state index in [2.05, 4.69) is 5.32 Å². The zero-order valence-corrected chi connectivity index (χ0v) is 7.48. The smallest absolute Gasteiger partial charge is 0.242 e. The van der Waals surface area contributed by atoms with Gasteiger partial charge in [-0.25, -0.2) is 0 Å². The van der Waals surface area contributed by atoms with Crippen molar-refractivity contribution < 1.29 is 4.79 Å². The molecule has 0 atom stereocenters. The van der Waals surface area contributed by atoms with Gasteiger partial charge in [0.1, 0.15) is 0 Å². The first-order valence-electron chi connectivity index (χ1n) is 4.04. The van der Waals surface area contributed by atoms with Gasteiger partial charge in [0, 0.05) is 13.6 Å². The van der Waals surface area contributed by atoms with Crippen molar-refractivity contribution in [1.29, 1.82) is 0 Å². The highest BCUT2D eigenvalue weighted by Crippen LogP contribution is 2.10. The quantitative estimate of drug-likeness (QED) is 0.544. The van der Waals surface area contributed by atoms with E-state index in [9.17, 15) is 4.79 Å². The molecule has 0 bridgehead atoms. The van der Waals surface area contributed by atoms with Crippen LogP contribution in [0.1, 0.15) is 20.3 Å². The van der Waals surface area contributed by atoms with Crippen LogP contribution in [0.25, 0.3) is 0 Å². The molecule has 1 heterocycles. The first-order chi connectivity index (χ1) is 5.04. The normalized spacial score (nSPS) is 25.0. The largest absolute Gasteiger partial charge is 0.344 e. The summed E-state index contributed by atoms with van der Waals surface area (Å²) in [5.74, 6) is 0.190. The van der Waals surface area contributed by atoms with E-state index in [-0.39, 0.29) is 11.4 Å². The van der Waals surface area contributed by atoms with Crippen LogP contribution in [-0.2, 0) is 4.79 Å². The number of likely N-dealkylation sites (N-methyl/N-ethyl adjacent to an activating group) is 1. The Morgan fingerprint density at radius 2 is 2.18 bits per heavy atom. The highest BCUT2D eigenvalue weighted by atomic mass is 16.2. The van der Waals surface area contributed by atoms with Crippen LogP contribution in [-0.4, -0.2) is 36.5 Å². The summed E-state index contributed by atoms with van der Waals surface area (Å²) >= 11 is 0. The van der Waals surface area contributed by atoms with Gasteiger partial charge in [-0.2, -0.15) is 0 Å². The van der Waals surface area contributed by atoms with Gasteiger partial charge in [-0.15, -0.1) is 0 Å². The van der Waals surface area contributed by atoms with Crippen LogP contribution < -0.4 is 5.32 Å². The second kappa shape index (κ2) is 2.81. The van der Waals surface area contributed by atoms with Crippen LogP contribution in [0.5, 0.6) is 0 Å². The maximum atomic E-state index is 11.5. The SMILES string of the molecule is CN1CCCNC(C)(C)C1=O. The van der Waals surface area contributed by atoms with E-state index in [4.69, 9.17) is 0 Å². The molecule has 1 N–H and O–H groups in total. The van der Waals surface area contributed by atoms with Crippen LogP contribution in [0.15, 0.2) is 0 Å². The molecule has 1 saturated heterocycles. The molecule has 3 nitrogen and oxygen atoms in total. The third kappa shape index (κ3) is 1.71. The third-order valence-electron chi connectivity index (χ3n) is 2.12. The van der Waals surface area contributed by atoms with Gasteiger partial charge in [-0.3, -0.25) is 4.79 Å². The van der Waals surface area contributed by atoms with E-state index < -0.39 is 0 Å². The number of nitrogens with one attached hydrogen (secondary N) is 1. The summed E-state index contributed by atoms with van der Waals surface area (Å²) in [5, 5.41) is 3.21. The Bertz CT molecular complexity index is 165. The van der Waals surface area contributed by atoms with Gasteiger partial charge in [-0.1, -0.05) is 0 Å². The Morgan fingerprint density at radius 1 is 1.55 bits per heavy atom. The predicted molar refractivity (Wildman–Crippen MR) is 44.3 cm³/mol. The minimum Gasteiger partial charge on any atom is -0.344 e. The number of carbonyl (C=O) groups is 1. The van der Waals surface area contributed by atoms with Gasteiger partial charge in [0.2, 0.25) is 5.91 Å². The summed E-state index contributed by atoms with van der Waals surface area (Å²) in [6, 6.07) is 0. The monoisotopic (exact) mass is 156 g/mol. The molecule has 0 saturated carbocycles. The Hall–Kier alpha value is -0.570. The molecule has 1 rings (SSSR count). The molecule has 0 aromatic carbocycles. The van der Waals surface area contributed by atoms with Crippen molar-refractivity contribution in [3.05, 3.63) is 0 Å². The molecular weight excluding hydrogens is 140 g/mol. The summed E-state index contributed by atoms with van der Waals surface area (Å²) in [4.78, 5) is 13.3. The second-order valence-electron chi connectivity index (χ2n) is 3.63. The average Bonchev–Trinajstić information content (AvgIpc) is 2.03. The molecule has 0 spiro atoms. The molecule has 1 amide bonds. The summed E-state index contributed by atoms with van der Waals surface area (Å²) < 4.78 is 0. The van der Waals surface area contributed by atoms with Crippen LogP contribution >= 0.6 is 0 Å². The van der Waals surface area contributed by atoms with E-state index in [0.717, 1.165) is 19.5 Å². The highest BCUT2D eigenvalue weighted by Gasteiger charge is 2.31. The molecule has 1 aliphatic rings. The zero-order chi connectivity index (χ0) is 8.48. The van der Waals surface area contributed by atoms with E-state index in [1.54, 1.807) is 4.90 Å². The lowest BCUT2D eigenvalue weighted by molar-refractivity contribution is -0.134. The van der Waals surface area contributed by atoms with Crippen molar-refractivity contribution in [3.8, 4) is 0 Å². The lowest BCUT2D eigenvalue weighted by Crippen LogP contribution is -2.50. The van der Waals surface area contributed by atoms with E-state index in [1.807, 2.05) is 20.9 Å². The average molecular weight is 156 g/mol. The Morgan fingerprint density at radius 3 is 2.82 bits per heavy atom. The number of hydrogen-bond donors (Lipinski definition) is 1. The summed E-state index contributed by atoms with van der Waals surface area (Å²) in [7, 11) is 1.86. The minimum atomic E-state index is -0.370.